The molecule has 0 amide bonds. The number of nitrogens with zero attached hydrogens (tertiary/aromatic N) is 1. The molecule has 0 unspecified atom stereocenters. The summed E-state index contributed by atoms with van der Waals surface area (Å²) in [6.07, 6.45) is 1.78. The lowest BCUT2D eigenvalue weighted by Crippen LogP contribution is -2.06. The Balaban J connectivity index is 2.01. The molecule has 2 aromatic carbocycles. The summed E-state index contributed by atoms with van der Waals surface area (Å²) in [6, 6.07) is 17.8. The van der Waals surface area contributed by atoms with Crippen molar-refractivity contribution in [1.29, 1.82) is 0 Å². The van der Waals surface area contributed by atoms with Crippen molar-refractivity contribution in [1.82, 2.24) is 0 Å². The first-order valence-corrected chi connectivity index (χ1v) is 6.81. The number of hydrogen-bond acceptors (Lipinski definition) is 3. The van der Waals surface area contributed by atoms with E-state index in [0.29, 0.717) is 12.5 Å². The molecule has 0 heterocycles. The molecular formula is C17H20N2O. The van der Waals surface area contributed by atoms with Crippen LogP contribution in [0.3, 0.4) is 0 Å². The van der Waals surface area contributed by atoms with Gasteiger partial charge in [0.05, 0.1) is 18.5 Å². The first-order valence-electron chi connectivity index (χ1n) is 6.81. The topological polar surface area (TPSA) is 33.6 Å². The molecule has 0 bridgehead atoms. The Labute approximate surface area is 120 Å². The fourth-order valence-electron chi connectivity index (χ4n) is 1.66. The van der Waals surface area contributed by atoms with Crippen LogP contribution in [-0.4, -0.2) is 12.8 Å². The van der Waals surface area contributed by atoms with Gasteiger partial charge in [0.15, 0.2) is 0 Å². The predicted octanol–water partition coefficient (Wildman–Crippen LogP) is 4.17. The van der Waals surface area contributed by atoms with Crippen molar-refractivity contribution in [3.8, 4) is 5.75 Å². The van der Waals surface area contributed by atoms with Gasteiger partial charge in [-0.3, -0.25) is 5.43 Å². The van der Waals surface area contributed by atoms with Gasteiger partial charge in [-0.05, 0) is 30.2 Å². The Hall–Kier alpha value is -2.29. The lowest BCUT2D eigenvalue weighted by molar-refractivity contribution is 0.271. The Morgan fingerprint density at radius 1 is 1.05 bits per heavy atom. The van der Waals surface area contributed by atoms with E-state index in [2.05, 4.69) is 24.4 Å². The second-order valence-electron chi connectivity index (χ2n) is 4.98. The maximum atomic E-state index is 5.78. The summed E-state index contributed by atoms with van der Waals surface area (Å²) in [5.74, 6) is 1.36. The van der Waals surface area contributed by atoms with E-state index in [-0.39, 0.29) is 0 Å². The Kier molecular flexibility index (Phi) is 5.18. The second kappa shape index (κ2) is 7.34. The normalized spacial score (nSPS) is 10.9. The molecule has 3 nitrogen and oxygen atoms in total. The number of rotatable bonds is 6. The molecule has 0 aliphatic rings. The smallest absolute Gasteiger partial charge is 0.128 e. The molecule has 0 aromatic heterocycles. The van der Waals surface area contributed by atoms with E-state index >= 15 is 0 Å². The van der Waals surface area contributed by atoms with Crippen molar-refractivity contribution in [2.24, 2.45) is 11.0 Å². The van der Waals surface area contributed by atoms with E-state index in [1.54, 1.807) is 6.21 Å². The first-order chi connectivity index (χ1) is 9.75. The monoisotopic (exact) mass is 268 g/mol. The van der Waals surface area contributed by atoms with Crippen LogP contribution in [0.1, 0.15) is 19.4 Å². The molecule has 2 rings (SSSR count). The van der Waals surface area contributed by atoms with Crippen molar-refractivity contribution in [3.05, 3.63) is 60.2 Å². The standard InChI is InChI=1S/C17H20N2O/c1-14(2)13-20-17-11-7-6-8-15(17)12-18-19-16-9-4-3-5-10-16/h3-12,14,19H,13H2,1-2H3/b18-12-. The van der Waals surface area contributed by atoms with Crippen molar-refractivity contribution in [2.75, 3.05) is 12.0 Å². The van der Waals surface area contributed by atoms with Crippen LogP contribution < -0.4 is 10.2 Å². The summed E-state index contributed by atoms with van der Waals surface area (Å²) in [7, 11) is 0. The molecular weight excluding hydrogens is 248 g/mol. The minimum absolute atomic E-state index is 0.502. The number of anilines is 1. The summed E-state index contributed by atoms with van der Waals surface area (Å²) >= 11 is 0. The zero-order valence-electron chi connectivity index (χ0n) is 11.9. The molecule has 0 saturated carbocycles. The van der Waals surface area contributed by atoms with E-state index in [1.165, 1.54) is 0 Å². The van der Waals surface area contributed by atoms with Gasteiger partial charge in [0.1, 0.15) is 5.75 Å². The molecule has 104 valence electrons. The molecule has 2 aromatic rings. The molecule has 0 fully saturated rings. The minimum atomic E-state index is 0.502. The van der Waals surface area contributed by atoms with Crippen LogP contribution >= 0.6 is 0 Å². The summed E-state index contributed by atoms with van der Waals surface area (Å²) in [5.41, 5.74) is 4.93. The molecule has 3 heteroatoms. The maximum absolute atomic E-state index is 5.78. The van der Waals surface area contributed by atoms with Crippen molar-refractivity contribution < 1.29 is 4.74 Å². The van der Waals surface area contributed by atoms with Gasteiger partial charge < -0.3 is 4.74 Å². The zero-order chi connectivity index (χ0) is 14.2. The SMILES string of the molecule is CC(C)COc1ccccc1/C=N\Nc1ccccc1. The third-order valence-electron chi connectivity index (χ3n) is 2.66. The fraction of sp³-hybridized carbons (Fsp3) is 0.235. The Morgan fingerprint density at radius 2 is 1.75 bits per heavy atom. The van der Waals surface area contributed by atoms with Gasteiger partial charge in [0, 0.05) is 5.56 Å². The van der Waals surface area contributed by atoms with Gasteiger partial charge >= 0.3 is 0 Å². The number of hydrazone groups is 1. The van der Waals surface area contributed by atoms with Crippen LogP contribution in [-0.2, 0) is 0 Å². The highest BCUT2D eigenvalue weighted by Crippen LogP contribution is 2.17. The van der Waals surface area contributed by atoms with Gasteiger partial charge in [-0.25, -0.2) is 0 Å². The van der Waals surface area contributed by atoms with Crippen LogP contribution in [0.15, 0.2) is 59.7 Å². The Morgan fingerprint density at radius 3 is 2.50 bits per heavy atom. The first kappa shape index (κ1) is 14.1. The number of ether oxygens (including phenoxy) is 1. The molecule has 0 spiro atoms. The van der Waals surface area contributed by atoms with Gasteiger partial charge in [0.2, 0.25) is 0 Å². The number of para-hydroxylation sites is 2. The van der Waals surface area contributed by atoms with Crippen LogP contribution in [0.5, 0.6) is 5.75 Å². The molecule has 0 aliphatic heterocycles. The van der Waals surface area contributed by atoms with Gasteiger partial charge in [0.25, 0.3) is 0 Å². The van der Waals surface area contributed by atoms with Crippen molar-refractivity contribution in [2.45, 2.75) is 13.8 Å². The number of benzene rings is 2. The van der Waals surface area contributed by atoms with Crippen LogP contribution in [0.4, 0.5) is 5.69 Å². The summed E-state index contributed by atoms with van der Waals surface area (Å²) in [4.78, 5) is 0. The highest BCUT2D eigenvalue weighted by atomic mass is 16.5. The van der Waals surface area contributed by atoms with E-state index < -0.39 is 0 Å². The summed E-state index contributed by atoms with van der Waals surface area (Å²) < 4.78 is 5.78. The second-order valence-corrected chi connectivity index (χ2v) is 4.98. The van der Waals surface area contributed by atoms with Crippen LogP contribution in [0.2, 0.25) is 0 Å². The third kappa shape index (κ3) is 4.43. The zero-order valence-corrected chi connectivity index (χ0v) is 11.9. The molecule has 0 aliphatic carbocycles. The van der Waals surface area contributed by atoms with Crippen LogP contribution in [0, 0.1) is 5.92 Å². The lowest BCUT2D eigenvalue weighted by Gasteiger charge is -2.10. The number of hydrogen-bond donors (Lipinski definition) is 1. The van der Waals surface area contributed by atoms with Crippen molar-refractivity contribution >= 4 is 11.9 Å². The van der Waals surface area contributed by atoms with Gasteiger partial charge in [-0.2, -0.15) is 5.10 Å². The third-order valence-corrected chi connectivity index (χ3v) is 2.66. The molecule has 0 saturated heterocycles. The molecule has 0 atom stereocenters. The molecule has 0 radical (unpaired) electrons. The van der Waals surface area contributed by atoms with Gasteiger partial charge in [-0.15, -0.1) is 0 Å². The highest BCUT2D eigenvalue weighted by molar-refractivity contribution is 5.83. The summed E-state index contributed by atoms with van der Waals surface area (Å²) in [5, 5.41) is 4.24. The molecule has 1 N–H and O–H groups in total. The minimum Gasteiger partial charge on any atom is -0.493 e. The quantitative estimate of drug-likeness (QED) is 0.630. The average molecular weight is 268 g/mol. The highest BCUT2D eigenvalue weighted by Gasteiger charge is 2.01. The van der Waals surface area contributed by atoms with E-state index in [9.17, 15) is 0 Å². The predicted molar refractivity (Wildman–Crippen MR) is 84.4 cm³/mol. The van der Waals surface area contributed by atoms with E-state index in [0.717, 1.165) is 17.0 Å². The van der Waals surface area contributed by atoms with E-state index in [1.807, 2.05) is 54.6 Å². The average Bonchev–Trinajstić information content (AvgIpc) is 2.47. The maximum Gasteiger partial charge on any atom is 0.128 e. The van der Waals surface area contributed by atoms with Gasteiger partial charge in [-0.1, -0.05) is 44.2 Å². The Bertz CT molecular complexity index is 550. The van der Waals surface area contributed by atoms with Crippen LogP contribution in [0.25, 0.3) is 0 Å². The lowest BCUT2D eigenvalue weighted by atomic mass is 10.2. The van der Waals surface area contributed by atoms with Crippen molar-refractivity contribution in [3.63, 3.8) is 0 Å². The summed E-state index contributed by atoms with van der Waals surface area (Å²) in [6.45, 7) is 4.97. The number of nitrogens with one attached hydrogen (secondary N) is 1. The largest absolute Gasteiger partial charge is 0.493 e. The van der Waals surface area contributed by atoms with E-state index in [4.69, 9.17) is 4.74 Å². The fourth-order valence-corrected chi connectivity index (χ4v) is 1.66. The molecule has 20 heavy (non-hydrogen) atoms.